The number of nitrogens with one attached hydrogen (secondary N) is 2. The Morgan fingerprint density at radius 1 is 1.24 bits per heavy atom. The molecule has 0 atom stereocenters. The van der Waals surface area contributed by atoms with E-state index in [9.17, 15) is 9.59 Å². The van der Waals surface area contributed by atoms with Crippen LogP contribution in [0.4, 0.5) is 0 Å². The van der Waals surface area contributed by atoms with Gasteiger partial charge in [0, 0.05) is 18.4 Å². The highest BCUT2D eigenvalue weighted by molar-refractivity contribution is 7.78. The Labute approximate surface area is 152 Å². The number of nitrogens with zero attached hydrogens (tertiary/aromatic N) is 2. The fourth-order valence-electron chi connectivity index (χ4n) is 2.08. The van der Waals surface area contributed by atoms with Crippen LogP contribution in [0.25, 0.3) is 0 Å². The number of hydrogen-bond donors (Lipinski definition) is 4. The molecule has 0 radical (unpaired) electrons. The fraction of sp³-hybridized carbons (Fsp3) is 0.438. The minimum atomic E-state index is -0.426. The van der Waals surface area contributed by atoms with Crippen LogP contribution in [0.1, 0.15) is 44.6 Å². The molecule has 2 amide bonds. The molecular weight excluding hydrogens is 344 g/mol. The second-order valence-corrected chi connectivity index (χ2v) is 5.70. The Morgan fingerprint density at radius 2 is 1.92 bits per heavy atom. The molecule has 0 saturated heterocycles. The van der Waals surface area contributed by atoms with Crippen LogP contribution < -0.4 is 15.8 Å². The average molecular weight is 368 g/mol. The topological polar surface area (TPSA) is 103 Å². The van der Waals surface area contributed by atoms with E-state index >= 15 is 0 Å². The van der Waals surface area contributed by atoms with Gasteiger partial charge in [-0.15, -0.1) is 0 Å². The van der Waals surface area contributed by atoms with Gasteiger partial charge in [0.05, 0.1) is 12.8 Å². The van der Waals surface area contributed by atoms with Crippen LogP contribution in [0.2, 0.25) is 0 Å². The third kappa shape index (κ3) is 7.44. The molecule has 25 heavy (non-hydrogen) atoms. The van der Waals surface area contributed by atoms with Crippen molar-refractivity contribution in [3.8, 4) is 5.75 Å². The number of benzene rings is 1. The molecule has 0 fully saturated rings. The predicted molar refractivity (Wildman–Crippen MR) is 97.2 cm³/mol. The Bertz CT molecular complexity index is 610. The van der Waals surface area contributed by atoms with Crippen molar-refractivity contribution in [1.29, 1.82) is 0 Å². The zero-order valence-corrected chi connectivity index (χ0v) is 15.3. The van der Waals surface area contributed by atoms with Crippen LogP contribution >= 0.6 is 12.8 Å². The number of carbonyl (C=O) groups excluding carboxylic acids is 2. The first-order chi connectivity index (χ1) is 12.0. The molecular formula is C16H24N4O4S. The van der Waals surface area contributed by atoms with Crippen molar-refractivity contribution >= 4 is 30.3 Å². The Balaban J connectivity index is 2.40. The van der Waals surface area contributed by atoms with Gasteiger partial charge in [-0.2, -0.15) is 9.52 Å². The van der Waals surface area contributed by atoms with E-state index in [2.05, 4.69) is 23.5 Å². The van der Waals surface area contributed by atoms with Crippen molar-refractivity contribution in [2.75, 3.05) is 7.11 Å². The molecule has 1 aromatic rings. The van der Waals surface area contributed by atoms with Gasteiger partial charge in [-0.3, -0.25) is 14.8 Å². The molecule has 0 aromatic heterocycles. The van der Waals surface area contributed by atoms with Crippen LogP contribution in [-0.2, 0) is 9.59 Å². The zero-order valence-electron chi connectivity index (χ0n) is 14.4. The van der Waals surface area contributed by atoms with Crippen molar-refractivity contribution in [3.63, 3.8) is 0 Å². The number of ether oxygens (including phenoxy) is 1. The summed E-state index contributed by atoms with van der Waals surface area (Å²) >= 11 is 4.07. The summed E-state index contributed by atoms with van der Waals surface area (Å²) in [5, 5.41) is 12.5. The molecule has 0 aliphatic rings. The number of hydrazone groups is 1. The van der Waals surface area contributed by atoms with E-state index in [1.54, 1.807) is 19.5 Å². The molecule has 1 rings (SSSR count). The molecule has 9 heteroatoms. The molecule has 0 aliphatic carbocycles. The van der Waals surface area contributed by atoms with Crippen molar-refractivity contribution < 1.29 is 19.5 Å². The predicted octanol–water partition coefficient (Wildman–Crippen LogP) is 2.05. The molecule has 0 unspecified atom stereocenters. The third-order valence-electron chi connectivity index (χ3n) is 3.46. The normalized spacial score (nSPS) is 11.0. The minimum absolute atomic E-state index is 0.230. The van der Waals surface area contributed by atoms with E-state index in [1.165, 1.54) is 0 Å². The Morgan fingerprint density at radius 3 is 2.60 bits per heavy atom. The number of para-hydroxylation sites is 1. The number of hydroxylamine groups is 1. The maximum atomic E-state index is 11.9. The second-order valence-electron chi connectivity index (χ2n) is 5.30. The molecule has 0 spiro atoms. The van der Waals surface area contributed by atoms with Gasteiger partial charge in [-0.1, -0.05) is 18.6 Å². The summed E-state index contributed by atoms with van der Waals surface area (Å²) in [4.78, 5) is 22.8. The number of hydrazine groups is 1. The van der Waals surface area contributed by atoms with Gasteiger partial charge in [-0.25, -0.2) is 11.0 Å². The molecule has 0 saturated carbocycles. The SMILES string of the molecule is COc1ccccc1/C(C)=N/NN(S)C(=O)CCCCCC(=O)NO. The maximum Gasteiger partial charge on any atom is 0.252 e. The lowest BCUT2D eigenvalue weighted by atomic mass is 10.1. The zero-order chi connectivity index (χ0) is 18.7. The molecule has 0 bridgehead atoms. The van der Waals surface area contributed by atoms with Crippen LogP contribution in [0, 0.1) is 0 Å². The van der Waals surface area contributed by atoms with Crippen LogP contribution in [0.5, 0.6) is 5.75 Å². The molecule has 0 heterocycles. The maximum absolute atomic E-state index is 11.9. The Kier molecular flexibility index (Phi) is 9.41. The van der Waals surface area contributed by atoms with Gasteiger partial charge in [0.1, 0.15) is 5.75 Å². The standard InChI is InChI=1S/C16H24N4O4S/c1-12(13-8-6-7-9-14(13)24-2)17-19-20(25)16(22)11-5-3-4-10-15(21)18-23/h6-9,19,23,25H,3-5,10-11H2,1-2H3,(H,18,21)/b17-12+. The van der Waals surface area contributed by atoms with E-state index in [1.807, 2.05) is 24.3 Å². The molecule has 0 aliphatic heterocycles. The number of hydrogen-bond acceptors (Lipinski definition) is 7. The van der Waals surface area contributed by atoms with Crippen molar-refractivity contribution in [2.24, 2.45) is 5.10 Å². The molecule has 3 N–H and O–H groups in total. The smallest absolute Gasteiger partial charge is 0.252 e. The summed E-state index contributed by atoms with van der Waals surface area (Å²) in [6.07, 6.45) is 2.43. The monoisotopic (exact) mass is 368 g/mol. The van der Waals surface area contributed by atoms with Crippen molar-refractivity contribution in [1.82, 2.24) is 15.4 Å². The molecule has 8 nitrogen and oxygen atoms in total. The molecule has 1 aromatic carbocycles. The second kappa shape index (κ2) is 11.3. The first-order valence-electron chi connectivity index (χ1n) is 7.87. The first kappa shape index (κ1) is 20.8. The van der Waals surface area contributed by atoms with Crippen LogP contribution in [0.15, 0.2) is 29.4 Å². The highest BCUT2D eigenvalue weighted by atomic mass is 32.1. The lowest BCUT2D eigenvalue weighted by Gasteiger charge is -2.15. The lowest BCUT2D eigenvalue weighted by molar-refractivity contribution is -0.129. The van der Waals surface area contributed by atoms with E-state index in [0.29, 0.717) is 30.7 Å². The quantitative estimate of drug-likeness (QED) is 0.166. The fourth-order valence-corrected chi connectivity index (χ4v) is 2.23. The van der Waals surface area contributed by atoms with Gasteiger partial charge >= 0.3 is 0 Å². The van der Waals surface area contributed by atoms with E-state index < -0.39 is 5.91 Å². The van der Waals surface area contributed by atoms with E-state index in [-0.39, 0.29) is 18.7 Å². The first-order valence-corrected chi connectivity index (χ1v) is 8.27. The van der Waals surface area contributed by atoms with Crippen molar-refractivity contribution in [3.05, 3.63) is 29.8 Å². The van der Waals surface area contributed by atoms with Gasteiger partial charge in [-0.05, 0) is 44.7 Å². The number of thiol groups is 1. The Hall–Kier alpha value is -2.26. The summed E-state index contributed by atoms with van der Waals surface area (Å²) in [7, 11) is 1.58. The van der Waals surface area contributed by atoms with Gasteiger partial charge in [0.25, 0.3) is 5.91 Å². The van der Waals surface area contributed by atoms with Gasteiger partial charge in [0.2, 0.25) is 5.91 Å². The number of unbranched alkanes of at least 4 members (excludes halogenated alkanes) is 2. The average Bonchev–Trinajstić information content (AvgIpc) is 2.64. The summed E-state index contributed by atoms with van der Waals surface area (Å²) in [6.45, 7) is 1.79. The van der Waals surface area contributed by atoms with Gasteiger partial charge in [0.15, 0.2) is 0 Å². The van der Waals surface area contributed by atoms with Gasteiger partial charge < -0.3 is 4.74 Å². The van der Waals surface area contributed by atoms with Crippen LogP contribution in [0.3, 0.4) is 0 Å². The summed E-state index contributed by atoms with van der Waals surface area (Å²) in [6, 6.07) is 7.43. The largest absolute Gasteiger partial charge is 0.496 e. The highest BCUT2D eigenvalue weighted by Crippen LogP contribution is 2.18. The van der Waals surface area contributed by atoms with Crippen LogP contribution in [-0.4, -0.2) is 34.3 Å². The summed E-state index contributed by atoms with van der Waals surface area (Å²) in [5.41, 5.74) is 5.62. The number of methoxy groups -OCH3 is 1. The van der Waals surface area contributed by atoms with E-state index in [4.69, 9.17) is 9.94 Å². The van der Waals surface area contributed by atoms with E-state index in [0.717, 1.165) is 9.98 Å². The number of rotatable bonds is 10. The summed E-state index contributed by atoms with van der Waals surface area (Å²) < 4.78 is 6.30. The third-order valence-corrected chi connectivity index (χ3v) is 3.78. The number of amides is 2. The number of carbonyl (C=O) groups is 2. The van der Waals surface area contributed by atoms with Crippen molar-refractivity contribution in [2.45, 2.75) is 39.0 Å². The highest BCUT2D eigenvalue weighted by Gasteiger charge is 2.10. The minimum Gasteiger partial charge on any atom is -0.496 e. The molecule has 138 valence electrons. The summed E-state index contributed by atoms with van der Waals surface area (Å²) in [5.74, 6) is 0.0333. The lowest BCUT2D eigenvalue weighted by Crippen LogP contribution is -2.32.